The number of nitrogens with zero attached hydrogens (tertiary/aromatic N) is 2. The van der Waals surface area contributed by atoms with E-state index in [0.29, 0.717) is 21.7 Å². The van der Waals surface area contributed by atoms with Crippen LogP contribution < -0.4 is 24.8 Å². The molecule has 1 heterocycles. The fourth-order valence-electron chi connectivity index (χ4n) is 3.46. The molecule has 4 aromatic rings. The molecule has 0 radical (unpaired) electrons. The van der Waals surface area contributed by atoms with Gasteiger partial charge in [-0.1, -0.05) is 42.5 Å². The molecule has 0 unspecified atom stereocenters. The van der Waals surface area contributed by atoms with E-state index in [1.807, 2.05) is 61.5 Å². The van der Waals surface area contributed by atoms with E-state index < -0.39 is 5.91 Å². The predicted octanol–water partition coefficient (Wildman–Crippen LogP) is 3.36. The van der Waals surface area contributed by atoms with Gasteiger partial charge < -0.3 is 10.1 Å². The summed E-state index contributed by atoms with van der Waals surface area (Å²) in [5.74, 6) is 0.0858. The first-order valence-corrected chi connectivity index (χ1v) is 11.3. The summed E-state index contributed by atoms with van der Waals surface area (Å²) in [6.07, 6.45) is 1.73. The summed E-state index contributed by atoms with van der Waals surface area (Å²) < 4.78 is 7.33. The number of thiazole rings is 1. The maximum Gasteiger partial charge on any atom is 0.273 e. The Morgan fingerprint density at radius 3 is 2.53 bits per heavy atom. The Morgan fingerprint density at radius 1 is 1.06 bits per heavy atom. The molecule has 4 rings (SSSR count). The van der Waals surface area contributed by atoms with Crippen LogP contribution in [0, 0.1) is 18.3 Å². The molecule has 0 spiro atoms. The van der Waals surface area contributed by atoms with Crippen molar-refractivity contribution >= 4 is 34.6 Å². The highest BCUT2D eigenvalue weighted by atomic mass is 32.1. The second kappa shape index (κ2) is 10.0. The van der Waals surface area contributed by atoms with Gasteiger partial charge in [0.05, 0.1) is 17.3 Å². The molecule has 0 bridgehead atoms. The molecule has 0 aliphatic rings. The third kappa shape index (κ3) is 4.82. The van der Waals surface area contributed by atoms with E-state index in [1.165, 1.54) is 4.57 Å². The average Bonchev–Trinajstić information content (AvgIpc) is 3.15. The fourth-order valence-corrected chi connectivity index (χ4v) is 4.56. The number of rotatable bonds is 5. The van der Waals surface area contributed by atoms with Gasteiger partial charge in [-0.05, 0) is 60.5 Å². The second-order valence-electron chi connectivity index (χ2n) is 7.48. The summed E-state index contributed by atoms with van der Waals surface area (Å²) in [5, 5.41) is 12.7. The van der Waals surface area contributed by atoms with Gasteiger partial charge in [-0.3, -0.25) is 14.2 Å². The lowest BCUT2D eigenvalue weighted by Crippen LogP contribution is -2.32. The van der Waals surface area contributed by atoms with Crippen molar-refractivity contribution in [2.24, 2.45) is 0 Å². The fraction of sp³-hybridized carbons (Fsp3) is 0.0741. The van der Waals surface area contributed by atoms with Crippen molar-refractivity contribution in [3.63, 3.8) is 0 Å². The Hall–Kier alpha value is -4.41. The number of benzene rings is 3. The summed E-state index contributed by atoms with van der Waals surface area (Å²) in [4.78, 5) is 26.5. The topological polar surface area (TPSA) is 84.1 Å². The van der Waals surface area contributed by atoms with Crippen molar-refractivity contribution in [1.82, 2.24) is 4.57 Å². The molecule has 3 aromatic carbocycles. The highest BCUT2D eigenvalue weighted by Gasteiger charge is 2.17. The predicted molar refractivity (Wildman–Crippen MR) is 135 cm³/mol. The Kier molecular flexibility index (Phi) is 6.72. The zero-order valence-electron chi connectivity index (χ0n) is 18.6. The van der Waals surface area contributed by atoms with Gasteiger partial charge in [0.1, 0.15) is 16.5 Å². The maximum absolute atomic E-state index is 13.5. The van der Waals surface area contributed by atoms with E-state index >= 15 is 0 Å². The van der Waals surface area contributed by atoms with Crippen LogP contribution in [0.15, 0.2) is 83.7 Å². The normalized spacial score (nSPS) is 12.1. The number of nitriles is 1. The van der Waals surface area contributed by atoms with E-state index in [4.69, 9.17) is 4.74 Å². The lowest BCUT2D eigenvalue weighted by molar-refractivity contribution is -0.111. The van der Waals surface area contributed by atoms with Crippen LogP contribution in [-0.2, 0) is 4.79 Å². The number of nitrogens with one attached hydrogen (secondary N) is 1. The molecule has 0 aliphatic carbocycles. The summed E-state index contributed by atoms with van der Waals surface area (Å²) in [6, 6.07) is 25.6. The van der Waals surface area contributed by atoms with Crippen LogP contribution in [0.2, 0.25) is 0 Å². The van der Waals surface area contributed by atoms with Crippen molar-refractivity contribution in [3.05, 3.63) is 110 Å². The van der Waals surface area contributed by atoms with Gasteiger partial charge in [0.25, 0.3) is 11.5 Å². The highest BCUT2D eigenvalue weighted by Crippen LogP contribution is 2.14. The number of ether oxygens (including phenoxy) is 1. The van der Waals surface area contributed by atoms with Crippen molar-refractivity contribution in [2.75, 3.05) is 12.4 Å². The minimum absolute atomic E-state index is 0.141. The number of carbonyl (C=O) groups excluding carboxylic acids is 1. The molecule has 0 aliphatic heterocycles. The molecule has 1 amide bonds. The molecule has 0 saturated heterocycles. The van der Waals surface area contributed by atoms with Gasteiger partial charge in [0, 0.05) is 5.69 Å². The zero-order chi connectivity index (χ0) is 24.1. The van der Waals surface area contributed by atoms with Crippen molar-refractivity contribution in [3.8, 4) is 17.5 Å². The van der Waals surface area contributed by atoms with E-state index in [2.05, 4.69) is 5.32 Å². The SMILES string of the molecule is COc1cccc(/C=c2/s/c(=C(/C#N)C(=O)Nc3cccc(C)c3)n(-c3ccccc3)c2=O)c1. The van der Waals surface area contributed by atoms with E-state index in [1.54, 1.807) is 43.5 Å². The van der Waals surface area contributed by atoms with Crippen molar-refractivity contribution in [1.29, 1.82) is 5.26 Å². The monoisotopic (exact) mass is 467 g/mol. The second-order valence-corrected chi connectivity index (χ2v) is 8.51. The number of hydrogen-bond acceptors (Lipinski definition) is 5. The Morgan fingerprint density at radius 2 is 1.82 bits per heavy atom. The standard InChI is InChI=1S/C27H21N3O3S/c1-18-8-6-10-20(14-18)29-25(31)23(17-28)27-30(21-11-4-3-5-12-21)26(32)24(34-27)16-19-9-7-13-22(15-19)33-2/h3-16H,1-2H3,(H,29,31)/b24-16+,27-23-. The summed E-state index contributed by atoms with van der Waals surface area (Å²) in [5.41, 5.74) is 2.44. The molecule has 0 saturated carbocycles. The lowest BCUT2D eigenvalue weighted by atomic mass is 10.2. The molecule has 168 valence electrons. The number of hydrogen-bond donors (Lipinski definition) is 1. The molecular formula is C27H21N3O3S. The zero-order valence-corrected chi connectivity index (χ0v) is 19.4. The molecule has 0 fully saturated rings. The van der Waals surface area contributed by atoms with Crippen LogP contribution in [0.3, 0.4) is 0 Å². The van der Waals surface area contributed by atoms with Gasteiger partial charge in [-0.25, -0.2) is 0 Å². The third-order valence-electron chi connectivity index (χ3n) is 5.06. The summed E-state index contributed by atoms with van der Waals surface area (Å²) in [7, 11) is 1.58. The first-order chi connectivity index (χ1) is 16.5. The van der Waals surface area contributed by atoms with Crippen LogP contribution in [0.25, 0.3) is 17.3 Å². The molecule has 1 N–H and O–H groups in total. The number of aryl methyl sites for hydroxylation is 1. The minimum atomic E-state index is -0.577. The van der Waals surface area contributed by atoms with E-state index in [0.717, 1.165) is 22.5 Å². The van der Waals surface area contributed by atoms with Gasteiger partial charge in [0.2, 0.25) is 0 Å². The number of methoxy groups -OCH3 is 1. The van der Waals surface area contributed by atoms with Gasteiger partial charge in [0.15, 0.2) is 5.57 Å². The smallest absolute Gasteiger partial charge is 0.273 e. The number of carbonyl (C=O) groups is 1. The number of para-hydroxylation sites is 1. The Labute approximate surface area is 200 Å². The third-order valence-corrected chi connectivity index (χ3v) is 6.15. The molecule has 6 nitrogen and oxygen atoms in total. The van der Waals surface area contributed by atoms with Crippen molar-refractivity contribution in [2.45, 2.75) is 6.92 Å². The quantitative estimate of drug-likeness (QED) is 0.488. The molecule has 34 heavy (non-hydrogen) atoms. The molecule has 1 aromatic heterocycles. The first kappa shape index (κ1) is 22.8. The van der Waals surface area contributed by atoms with Crippen LogP contribution in [0.4, 0.5) is 5.69 Å². The van der Waals surface area contributed by atoms with E-state index in [-0.39, 0.29) is 15.8 Å². The largest absolute Gasteiger partial charge is 0.497 e. The Bertz CT molecular complexity index is 1580. The Balaban J connectivity index is 1.94. The molecular weight excluding hydrogens is 446 g/mol. The molecule has 7 heteroatoms. The van der Waals surface area contributed by atoms with Crippen LogP contribution in [0.1, 0.15) is 11.1 Å². The number of anilines is 1. The van der Waals surface area contributed by atoms with Gasteiger partial charge in [-0.2, -0.15) is 5.26 Å². The molecule has 0 atom stereocenters. The van der Waals surface area contributed by atoms with Gasteiger partial charge >= 0.3 is 0 Å². The average molecular weight is 468 g/mol. The van der Waals surface area contributed by atoms with Crippen LogP contribution >= 0.6 is 11.3 Å². The minimum Gasteiger partial charge on any atom is -0.497 e. The number of amides is 1. The number of aromatic nitrogens is 1. The summed E-state index contributed by atoms with van der Waals surface area (Å²) in [6.45, 7) is 1.91. The van der Waals surface area contributed by atoms with Crippen LogP contribution in [-0.4, -0.2) is 17.6 Å². The first-order valence-electron chi connectivity index (χ1n) is 10.5. The van der Waals surface area contributed by atoms with Crippen molar-refractivity contribution < 1.29 is 9.53 Å². The van der Waals surface area contributed by atoms with Gasteiger partial charge in [-0.15, -0.1) is 11.3 Å². The van der Waals surface area contributed by atoms with E-state index in [9.17, 15) is 14.9 Å². The lowest BCUT2D eigenvalue weighted by Gasteiger charge is -2.06. The highest BCUT2D eigenvalue weighted by molar-refractivity contribution is 7.07. The van der Waals surface area contributed by atoms with Crippen LogP contribution in [0.5, 0.6) is 5.75 Å². The summed E-state index contributed by atoms with van der Waals surface area (Å²) >= 11 is 1.10. The maximum atomic E-state index is 13.5.